The zero-order valence-electron chi connectivity index (χ0n) is 16.3. The van der Waals surface area contributed by atoms with Crippen LogP contribution in [-0.2, 0) is 16.1 Å². The Hall–Kier alpha value is -2.04. The van der Waals surface area contributed by atoms with Crippen molar-refractivity contribution < 1.29 is 14.3 Å². The summed E-state index contributed by atoms with van der Waals surface area (Å²) in [6.45, 7) is 7.30. The first-order valence-corrected chi connectivity index (χ1v) is 9.63. The number of nitrogens with zero attached hydrogens (tertiary/aromatic N) is 2. The highest BCUT2D eigenvalue weighted by Gasteiger charge is 2.41. The minimum absolute atomic E-state index is 0.0989. The number of hydrogen-bond acceptors (Lipinski definition) is 3. The molecule has 2 unspecified atom stereocenters. The third kappa shape index (κ3) is 4.02. The summed E-state index contributed by atoms with van der Waals surface area (Å²) in [5.41, 5.74) is 1.09. The van der Waals surface area contributed by atoms with E-state index in [-0.39, 0.29) is 29.8 Å². The van der Waals surface area contributed by atoms with Gasteiger partial charge in [-0.05, 0) is 57.2 Å². The number of hydrogen-bond donors (Lipinski definition) is 0. The smallest absolute Gasteiger partial charge is 0.228 e. The van der Waals surface area contributed by atoms with Crippen LogP contribution in [0.1, 0.15) is 45.6 Å². The van der Waals surface area contributed by atoms with Crippen LogP contribution in [0.5, 0.6) is 5.75 Å². The maximum atomic E-state index is 13.3. The highest BCUT2D eigenvalue weighted by atomic mass is 16.5. The Kier molecular flexibility index (Phi) is 5.54. The molecule has 0 radical (unpaired) electrons. The average molecular weight is 358 g/mol. The first kappa shape index (κ1) is 18.7. The molecule has 2 amide bonds. The van der Waals surface area contributed by atoms with Gasteiger partial charge in [-0.3, -0.25) is 9.59 Å². The molecule has 1 saturated carbocycles. The van der Waals surface area contributed by atoms with Crippen LogP contribution in [0.15, 0.2) is 24.3 Å². The van der Waals surface area contributed by atoms with E-state index in [4.69, 9.17) is 4.74 Å². The van der Waals surface area contributed by atoms with Gasteiger partial charge >= 0.3 is 0 Å². The molecule has 26 heavy (non-hydrogen) atoms. The molecule has 0 N–H and O–H groups in total. The second kappa shape index (κ2) is 7.68. The lowest BCUT2D eigenvalue weighted by atomic mass is 10.0. The van der Waals surface area contributed by atoms with Gasteiger partial charge in [-0.2, -0.15) is 0 Å². The molecule has 1 aliphatic heterocycles. The third-order valence-electron chi connectivity index (χ3n) is 5.72. The summed E-state index contributed by atoms with van der Waals surface area (Å²) < 4.78 is 5.22. The molecule has 0 bridgehead atoms. The van der Waals surface area contributed by atoms with Crippen LogP contribution in [0.4, 0.5) is 0 Å². The quantitative estimate of drug-likeness (QED) is 0.753. The van der Waals surface area contributed by atoms with Crippen molar-refractivity contribution in [3.8, 4) is 5.75 Å². The fourth-order valence-electron chi connectivity index (χ4n) is 3.81. The summed E-state index contributed by atoms with van der Waals surface area (Å²) in [7, 11) is 1.65. The van der Waals surface area contributed by atoms with E-state index in [0.717, 1.165) is 11.3 Å². The first-order chi connectivity index (χ1) is 12.4. The van der Waals surface area contributed by atoms with E-state index in [9.17, 15) is 9.59 Å². The Labute approximate surface area is 156 Å². The Morgan fingerprint density at radius 2 is 1.88 bits per heavy atom. The molecule has 3 rings (SSSR count). The van der Waals surface area contributed by atoms with Crippen LogP contribution in [0.25, 0.3) is 0 Å². The van der Waals surface area contributed by atoms with Crippen LogP contribution in [0.2, 0.25) is 0 Å². The van der Waals surface area contributed by atoms with E-state index in [2.05, 4.69) is 6.92 Å². The highest BCUT2D eigenvalue weighted by Crippen LogP contribution is 2.37. The van der Waals surface area contributed by atoms with Crippen molar-refractivity contribution in [1.29, 1.82) is 0 Å². The maximum Gasteiger partial charge on any atom is 0.228 e. The fraction of sp³-hybridized carbons (Fsp3) is 0.619. The molecule has 0 spiro atoms. The van der Waals surface area contributed by atoms with Gasteiger partial charge in [0, 0.05) is 31.6 Å². The fourth-order valence-corrected chi connectivity index (χ4v) is 3.81. The minimum Gasteiger partial charge on any atom is -0.497 e. The zero-order valence-corrected chi connectivity index (χ0v) is 16.3. The standard InChI is InChI=1S/C21H30N2O3/c1-14(2)22-13-18(11-20(22)24)21(25)23(15(3)17-7-8-17)12-16-5-9-19(26-4)10-6-16/h5-6,9-10,14-15,17-18H,7-8,11-13H2,1-4H3. The molecule has 1 aromatic rings. The van der Waals surface area contributed by atoms with Gasteiger partial charge in [0.1, 0.15) is 5.75 Å². The molecular weight excluding hydrogens is 328 g/mol. The van der Waals surface area contributed by atoms with Crippen molar-refractivity contribution in [3.05, 3.63) is 29.8 Å². The monoisotopic (exact) mass is 358 g/mol. The van der Waals surface area contributed by atoms with E-state index >= 15 is 0 Å². The average Bonchev–Trinajstić information content (AvgIpc) is 3.40. The molecular formula is C21H30N2O3. The number of ether oxygens (including phenoxy) is 1. The predicted octanol–water partition coefficient (Wildman–Crippen LogP) is 3.08. The Balaban J connectivity index is 1.75. The summed E-state index contributed by atoms with van der Waals surface area (Å²) in [5, 5.41) is 0. The Morgan fingerprint density at radius 1 is 1.23 bits per heavy atom. The first-order valence-electron chi connectivity index (χ1n) is 9.63. The largest absolute Gasteiger partial charge is 0.497 e. The summed E-state index contributed by atoms with van der Waals surface area (Å²) in [6.07, 6.45) is 2.72. The van der Waals surface area contributed by atoms with Crippen LogP contribution >= 0.6 is 0 Å². The van der Waals surface area contributed by atoms with Crippen molar-refractivity contribution in [2.24, 2.45) is 11.8 Å². The third-order valence-corrected chi connectivity index (χ3v) is 5.72. The molecule has 2 fully saturated rings. The lowest BCUT2D eigenvalue weighted by Crippen LogP contribution is -2.43. The van der Waals surface area contributed by atoms with Gasteiger partial charge in [0.2, 0.25) is 11.8 Å². The van der Waals surface area contributed by atoms with E-state index < -0.39 is 0 Å². The summed E-state index contributed by atoms with van der Waals surface area (Å²) in [6, 6.07) is 8.25. The van der Waals surface area contributed by atoms with Crippen LogP contribution in [-0.4, -0.2) is 47.4 Å². The van der Waals surface area contributed by atoms with Gasteiger partial charge in [0.15, 0.2) is 0 Å². The van der Waals surface area contributed by atoms with Gasteiger partial charge < -0.3 is 14.5 Å². The van der Waals surface area contributed by atoms with Crippen molar-refractivity contribution in [2.75, 3.05) is 13.7 Å². The van der Waals surface area contributed by atoms with Crippen molar-refractivity contribution >= 4 is 11.8 Å². The molecule has 2 atom stereocenters. The van der Waals surface area contributed by atoms with Gasteiger partial charge in [-0.25, -0.2) is 0 Å². The number of carbonyl (C=O) groups is 2. The van der Waals surface area contributed by atoms with Gasteiger partial charge in [-0.15, -0.1) is 0 Å². The molecule has 5 nitrogen and oxygen atoms in total. The van der Waals surface area contributed by atoms with Crippen molar-refractivity contribution in [1.82, 2.24) is 9.80 Å². The number of rotatable bonds is 7. The van der Waals surface area contributed by atoms with Gasteiger partial charge in [0.05, 0.1) is 13.0 Å². The van der Waals surface area contributed by atoms with Crippen molar-refractivity contribution in [3.63, 3.8) is 0 Å². The molecule has 2 aliphatic rings. The molecule has 1 heterocycles. The molecule has 1 aromatic carbocycles. The van der Waals surface area contributed by atoms with Gasteiger partial charge in [0.25, 0.3) is 0 Å². The second-order valence-corrected chi connectivity index (χ2v) is 7.93. The van der Waals surface area contributed by atoms with Crippen molar-refractivity contribution in [2.45, 2.75) is 58.7 Å². The predicted molar refractivity (Wildman–Crippen MR) is 101 cm³/mol. The highest BCUT2D eigenvalue weighted by molar-refractivity contribution is 5.89. The lowest BCUT2D eigenvalue weighted by molar-refractivity contribution is -0.139. The lowest BCUT2D eigenvalue weighted by Gasteiger charge is -2.32. The molecule has 1 saturated heterocycles. The number of benzene rings is 1. The summed E-state index contributed by atoms with van der Waals surface area (Å²) in [5.74, 6) is 1.41. The normalized spacial score (nSPS) is 21.2. The zero-order chi connectivity index (χ0) is 18.8. The van der Waals surface area contributed by atoms with Crippen LogP contribution in [0, 0.1) is 11.8 Å². The topological polar surface area (TPSA) is 49.9 Å². The minimum atomic E-state index is -0.218. The molecule has 5 heteroatoms. The summed E-state index contributed by atoms with van der Waals surface area (Å²) >= 11 is 0. The van der Waals surface area contributed by atoms with Gasteiger partial charge in [-0.1, -0.05) is 12.1 Å². The summed E-state index contributed by atoms with van der Waals surface area (Å²) in [4.78, 5) is 29.4. The number of amides is 2. The molecule has 0 aromatic heterocycles. The van der Waals surface area contributed by atoms with E-state index in [1.807, 2.05) is 47.9 Å². The van der Waals surface area contributed by atoms with Crippen LogP contribution in [0.3, 0.4) is 0 Å². The Bertz CT molecular complexity index is 652. The number of methoxy groups -OCH3 is 1. The second-order valence-electron chi connectivity index (χ2n) is 7.93. The van der Waals surface area contributed by atoms with E-state index in [0.29, 0.717) is 25.4 Å². The molecule has 1 aliphatic carbocycles. The number of likely N-dealkylation sites (tertiary alicyclic amines) is 1. The van der Waals surface area contributed by atoms with E-state index in [1.165, 1.54) is 12.8 Å². The number of carbonyl (C=O) groups excluding carboxylic acids is 2. The maximum absolute atomic E-state index is 13.3. The SMILES string of the molecule is COc1ccc(CN(C(=O)C2CC(=O)N(C(C)C)C2)C(C)C2CC2)cc1. The van der Waals surface area contributed by atoms with E-state index in [1.54, 1.807) is 7.11 Å². The molecule has 142 valence electrons. The Morgan fingerprint density at radius 3 is 2.38 bits per heavy atom. The van der Waals surface area contributed by atoms with Crippen LogP contribution < -0.4 is 4.74 Å².